The fraction of sp³-hybridized carbons (Fsp3) is 0.417. The maximum atomic E-state index is 12.1. The smallest absolute Gasteiger partial charge is 0.267 e. The van der Waals surface area contributed by atoms with Gasteiger partial charge in [-0.15, -0.1) is 0 Å². The normalized spacial score (nSPS) is 21.9. The molecule has 1 aliphatic heterocycles. The van der Waals surface area contributed by atoms with Crippen LogP contribution >= 0.6 is 0 Å². The lowest BCUT2D eigenvalue weighted by atomic mass is 9.75. The van der Waals surface area contributed by atoms with E-state index in [-0.39, 0.29) is 23.4 Å². The summed E-state index contributed by atoms with van der Waals surface area (Å²) < 4.78 is 0. The number of primary amides is 1. The molecule has 160 valence electrons. The zero-order chi connectivity index (χ0) is 22.4. The highest BCUT2D eigenvalue weighted by molar-refractivity contribution is 5.93. The molecule has 7 nitrogen and oxygen atoms in total. The third kappa shape index (κ3) is 4.04. The number of likely N-dealkylation sites (N-methyl/N-ethyl adjacent to an activating group) is 1. The van der Waals surface area contributed by atoms with Crippen LogP contribution in [-0.2, 0) is 17.6 Å². The molecule has 1 aromatic carbocycles. The van der Waals surface area contributed by atoms with E-state index in [1.54, 1.807) is 19.2 Å². The van der Waals surface area contributed by atoms with E-state index >= 15 is 0 Å². The molecular weight excluding hydrogens is 392 g/mol. The van der Waals surface area contributed by atoms with Crippen molar-refractivity contribution in [2.45, 2.75) is 45.1 Å². The lowest BCUT2D eigenvalue weighted by molar-refractivity contribution is -0.137. The molecule has 1 atom stereocenters. The van der Waals surface area contributed by atoms with Crippen LogP contribution in [0, 0.1) is 17.3 Å². The predicted molar refractivity (Wildman–Crippen MR) is 116 cm³/mol. The van der Waals surface area contributed by atoms with Gasteiger partial charge >= 0.3 is 0 Å². The minimum absolute atomic E-state index is 0.0730. The summed E-state index contributed by atoms with van der Waals surface area (Å²) in [6, 6.07) is 7.23. The van der Waals surface area contributed by atoms with Crippen LogP contribution in [0.5, 0.6) is 0 Å². The van der Waals surface area contributed by atoms with E-state index in [1.807, 2.05) is 12.1 Å². The number of hydrogen-bond acceptors (Lipinski definition) is 5. The second-order valence-corrected chi connectivity index (χ2v) is 9.19. The van der Waals surface area contributed by atoms with Crippen molar-refractivity contribution < 1.29 is 14.7 Å². The van der Waals surface area contributed by atoms with Gasteiger partial charge in [-0.3, -0.25) is 9.59 Å². The molecule has 0 saturated carbocycles. The standard InChI is InChI=1S/C24H26N4O3/c1-23(2)9-8-18-17(14-23)19(20(25)29)27-21(26-18)16-6-4-5-15(13-16)7-10-24(31)11-12-28(3)22(24)30/h4-6,13,31H,8-9,11-12,14H2,1-3H3,(H2,25,29). The monoisotopic (exact) mass is 418 g/mol. The topological polar surface area (TPSA) is 109 Å². The number of nitrogens with zero attached hydrogens (tertiary/aromatic N) is 3. The van der Waals surface area contributed by atoms with Gasteiger partial charge in [-0.05, 0) is 36.8 Å². The molecule has 0 spiro atoms. The number of likely N-dealkylation sites (tertiary alicyclic amines) is 1. The van der Waals surface area contributed by atoms with E-state index in [2.05, 4.69) is 30.7 Å². The molecule has 1 aliphatic carbocycles. The SMILES string of the molecule is CN1CCC(O)(C#Cc2cccc(-c3nc4c(c(C(N)=O)n3)CC(C)(C)CC4)c2)C1=O. The Kier molecular flexibility index (Phi) is 5.06. The van der Waals surface area contributed by atoms with E-state index in [0.717, 1.165) is 24.1 Å². The Morgan fingerprint density at radius 3 is 2.71 bits per heavy atom. The van der Waals surface area contributed by atoms with Crippen LogP contribution in [-0.4, -0.2) is 51.0 Å². The van der Waals surface area contributed by atoms with Gasteiger partial charge in [0.1, 0.15) is 5.69 Å². The predicted octanol–water partition coefficient (Wildman–Crippen LogP) is 1.70. The summed E-state index contributed by atoms with van der Waals surface area (Å²) >= 11 is 0. The van der Waals surface area contributed by atoms with Gasteiger partial charge in [0.05, 0.1) is 0 Å². The molecule has 1 fully saturated rings. The average Bonchev–Trinajstić information content (AvgIpc) is 2.99. The van der Waals surface area contributed by atoms with Gasteiger partial charge in [-0.1, -0.05) is 37.8 Å². The van der Waals surface area contributed by atoms with E-state index < -0.39 is 11.5 Å². The first kappa shape index (κ1) is 21.0. The number of carbonyl (C=O) groups excluding carboxylic acids is 2. The van der Waals surface area contributed by atoms with E-state index in [0.29, 0.717) is 29.9 Å². The van der Waals surface area contributed by atoms with Crippen molar-refractivity contribution in [3.05, 3.63) is 46.8 Å². The zero-order valence-corrected chi connectivity index (χ0v) is 18.0. The Labute approximate surface area is 181 Å². The van der Waals surface area contributed by atoms with Crippen LogP contribution in [0.1, 0.15) is 54.0 Å². The molecule has 0 bridgehead atoms. The van der Waals surface area contributed by atoms with Crippen molar-refractivity contribution in [2.24, 2.45) is 11.1 Å². The molecule has 3 N–H and O–H groups in total. The fourth-order valence-corrected chi connectivity index (χ4v) is 4.16. The first-order chi connectivity index (χ1) is 14.6. The molecule has 1 unspecified atom stereocenters. The van der Waals surface area contributed by atoms with Crippen LogP contribution < -0.4 is 5.73 Å². The van der Waals surface area contributed by atoms with Gasteiger partial charge in [-0.2, -0.15) is 0 Å². The van der Waals surface area contributed by atoms with E-state index in [1.165, 1.54) is 4.90 Å². The lowest BCUT2D eigenvalue weighted by Crippen LogP contribution is -2.37. The van der Waals surface area contributed by atoms with Crippen LogP contribution in [0.15, 0.2) is 24.3 Å². The Balaban J connectivity index is 1.71. The maximum absolute atomic E-state index is 12.1. The molecule has 2 amide bonds. The number of aliphatic hydroxyl groups is 1. The van der Waals surface area contributed by atoms with Crippen molar-refractivity contribution in [1.29, 1.82) is 0 Å². The van der Waals surface area contributed by atoms with Gasteiger partial charge in [-0.25, -0.2) is 9.97 Å². The van der Waals surface area contributed by atoms with Gasteiger partial charge in [0, 0.05) is 42.4 Å². The van der Waals surface area contributed by atoms with Crippen molar-refractivity contribution in [2.75, 3.05) is 13.6 Å². The summed E-state index contributed by atoms with van der Waals surface area (Å²) in [6.07, 6.45) is 2.73. The van der Waals surface area contributed by atoms with E-state index in [9.17, 15) is 14.7 Å². The molecular formula is C24H26N4O3. The summed E-state index contributed by atoms with van der Waals surface area (Å²) in [5, 5.41) is 10.5. The van der Waals surface area contributed by atoms with Crippen molar-refractivity contribution in [3.63, 3.8) is 0 Å². The molecule has 7 heteroatoms. The average molecular weight is 418 g/mol. The number of fused-ring (bicyclic) bond motifs is 1. The molecule has 1 saturated heterocycles. The minimum atomic E-state index is -1.65. The number of rotatable bonds is 2. The summed E-state index contributed by atoms with van der Waals surface area (Å²) in [5.41, 5.74) is 7.37. The zero-order valence-electron chi connectivity index (χ0n) is 18.0. The van der Waals surface area contributed by atoms with Gasteiger partial charge in [0.15, 0.2) is 5.82 Å². The molecule has 0 radical (unpaired) electrons. The van der Waals surface area contributed by atoms with Crippen LogP contribution in [0.3, 0.4) is 0 Å². The Morgan fingerprint density at radius 2 is 2.03 bits per heavy atom. The first-order valence-electron chi connectivity index (χ1n) is 10.4. The van der Waals surface area contributed by atoms with Gasteiger partial charge in [0.25, 0.3) is 11.8 Å². The van der Waals surface area contributed by atoms with Crippen LogP contribution in [0.2, 0.25) is 0 Å². The van der Waals surface area contributed by atoms with Gasteiger partial charge < -0.3 is 15.7 Å². The lowest BCUT2D eigenvalue weighted by Gasteiger charge is -2.31. The highest BCUT2D eigenvalue weighted by Gasteiger charge is 2.42. The largest absolute Gasteiger partial charge is 0.369 e. The Hall–Kier alpha value is -3.24. The first-order valence-corrected chi connectivity index (χ1v) is 10.4. The van der Waals surface area contributed by atoms with Crippen molar-refractivity contribution >= 4 is 11.8 Å². The minimum Gasteiger partial charge on any atom is -0.369 e. The number of amides is 2. The number of benzene rings is 1. The third-order valence-electron chi connectivity index (χ3n) is 6.06. The molecule has 2 aromatic rings. The second-order valence-electron chi connectivity index (χ2n) is 9.19. The fourth-order valence-electron chi connectivity index (χ4n) is 4.16. The summed E-state index contributed by atoms with van der Waals surface area (Å²) in [6.45, 7) is 4.80. The summed E-state index contributed by atoms with van der Waals surface area (Å²) in [5.74, 6) is 5.11. The highest BCUT2D eigenvalue weighted by atomic mass is 16.3. The molecule has 4 rings (SSSR count). The number of hydrogen-bond donors (Lipinski definition) is 2. The molecule has 1 aromatic heterocycles. The quantitative estimate of drug-likeness (QED) is 0.722. The van der Waals surface area contributed by atoms with Gasteiger partial charge in [0.2, 0.25) is 5.60 Å². The number of nitrogens with two attached hydrogens (primary N) is 1. The number of aryl methyl sites for hydroxylation is 1. The Morgan fingerprint density at radius 1 is 1.26 bits per heavy atom. The summed E-state index contributed by atoms with van der Waals surface area (Å²) in [7, 11) is 1.65. The Bertz CT molecular complexity index is 1150. The molecule has 31 heavy (non-hydrogen) atoms. The second kappa shape index (κ2) is 7.47. The van der Waals surface area contributed by atoms with Crippen LogP contribution in [0.4, 0.5) is 0 Å². The van der Waals surface area contributed by atoms with E-state index in [4.69, 9.17) is 10.7 Å². The summed E-state index contributed by atoms with van der Waals surface area (Å²) in [4.78, 5) is 34.9. The molecule has 2 heterocycles. The maximum Gasteiger partial charge on any atom is 0.267 e. The number of aromatic nitrogens is 2. The molecule has 2 aliphatic rings. The number of carbonyl (C=O) groups is 2. The highest BCUT2D eigenvalue weighted by Crippen LogP contribution is 2.36. The third-order valence-corrected chi connectivity index (χ3v) is 6.06. The van der Waals surface area contributed by atoms with Crippen molar-refractivity contribution in [3.8, 4) is 23.2 Å². The van der Waals surface area contributed by atoms with Crippen LogP contribution in [0.25, 0.3) is 11.4 Å². The van der Waals surface area contributed by atoms with Crippen molar-refractivity contribution in [1.82, 2.24) is 14.9 Å².